The summed E-state index contributed by atoms with van der Waals surface area (Å²) in [6, 6.07) is 0.967. The number of nitrogens with zero attached hydrogens (tertiary/aromatic N) is 2. The fraction of sp³-hybridized carbons (Fsp3) is 0.500. The number of rotatable bonds is 5. The summed E-state index contributed by atoms with van der Waals surface area (Å²) in [6.45, 7) is -3.32. The Labute approximate surface area is 110 Å². The van der Waals surface area contributed by atoms with Crippen LogP contribution in [0.25, 0.3) is 0 Å². The van der Waals surface area contributed by atoms with Gasteiger partial charge in [0.2, 0.25) is 5.91 Å². The van der Waals surface area contributed by atoms with Gasteiger partial charge in [-0.05, 0) is 0 Å². The highest BCUT2D eigenvalue weighted by Gasteiger charge is 2.32. The van der Waals surface area contributed by atoms with Crippen LogP contribution in [-0.4, -0.2) is 51.3 Å². The molecule has 0 aromatic carbocycles. The van der Waals surface area contributed by atoms with Gasteiger partial charge in [-0.3, -0.25) is 19.1 Å². The van der Waals surface area contributed by atoms with Crippen LogP contribution in [-0.2, 0) is 11.3 Å². The molecule has 1 aromatic rings. The molecule has 0 saturated carbocycles. The number of hydrogen-bond acceptors (Lipinski definition) is 4. The molecule has 7 nitrogen and oxygen atoms in total. The highest BCUT2D eigenvalue weighted by atomic mass is 19.4. The third kappa shape index (κ3) is 4.88. The van der Waals surface area contributed by atoms with Crippen LogP contribution in [0.15, 0.2) is 21.9 Å². The van der Waals surface area contributed by atoms with Gasteiger partial charge in [0.05, 0.1) is 6.61 Å². The van der Waals surface area contributed by atoms with Crippen molar-refractivity contribution < 1.29 is 23.1 Å². The Morgan fingerprint density at radius 2 is 2.05 bits per heavy atom. The van der Waals surface area contributed by atoms with Crippen LogP contribution in [0.5, 0.6) is 0 Å². The summed E-state index contributed by atoms with van der Waals surface area (Å²) < 4.78 is 37.6. The van der Waals surface area contributed by atoms with Gasteiger partial charge in [-0.1, -0.05) is 0 Å². The number of aliphatic hydroxyl groups is 1. The zero-order chi connectivity index (χ0) is 15.3. The normalized spacial score (nSPS) is 11.4. The van der Waals surface area contributed by atoms with Crippen molar-refractivity contribution in [2.45, 2.75) is 12.7 Å². The van der Waals surface area contributed by atoms with Crippen molar-refractivity contribution >= 4 is 5.91 Å². The van der Waals surface area contributed by atoms with Gasteiger partial charge in [-0.25, -0.2) is 4.79 Å². The highest BCUT2D eigenvalue weighted by molar-refractivity contribution is 5.76. The molecule has 1 rings (SSSR count). The number of aromatic amines is 1. The predicted octanol–water partition coefficient (Wildman–Crippen LogP) is -1.08. The molecule has 0 atom stereocenters. The minimum atomic E-state index is -4.61. The molecule has 1 aromatic heterocycles. The van der Waals surface area contributed by atoms with Crippen LogP contribution in [0, 0.1) is 0 Å². The molecule has 0 unspecified atom stereocenters. The summed E-state index contributed by atoms with van der Waals surface area (Å²) in [5, 5.41) is 8.66. The molecule has 0 saturated heterocycles. The lowest BCUT2D eigenvalue weighted by molar-refractivity contribution is -0.162. The third-order valence-electron chi connectivity index (χ3n) is 2.30. The van der Waals surface area contributed by atoms with E-state index in [0.29, 0.717) is 4.90 Å². The molecule has 1 amide bonds. The second-order valence-electron chi connectivity index (χ2n) is 3.89. The monoisotopic (exact) mass is 295 g/mol. The minimum absolute atomic E-state index is 0.386. The molecule has 0 radical (unpaired) electrons. The Morgan fingerprint density at radius 3 is 2.55 bits per heavy atom. The van der Waals surface area contributed by atoms with E-state index in [4.69, 9.17) is 5.11 Å². The quantitative estimate of drug-likeness (QED) is 0.722. The summed E-state index contributed by atoms with van der Waals surface area (Å²) in [5.41, 5.74) is -1.58. The predicted molar refractivity (Wildman–Crippen MR) is 61.0 cm³/mol. The summed E-state index contributed by atoms with van der Waals surface area (Å²) in [4.78, 5) is 36.1. The van der Waals surface area contributed by atoms with E-state index in [1.807, 2.05) is 4.98 Å². The number of carbonyl (C=O) groups is 1. The van der Waals surface area contributed by atoms with Gasteiger partial charge in [0, 0.05) is 18.8 Å². The van der Waals surface area contributed by atoms with E-state index >= 15 is 0 Å². The molecule has 0 aliphatic rings. The van der Waals surface area contributed by atoms with E-state index < -0.39 is 49.6 Å². The fourth-order valence-electron chi connectivity index (χ4n) is 1.44. The van der Waals surface area contributed by atoms with Crippen molar-refractivity contribution in [1.82, 2.24) is 14.5 Å². The maximum Gasteiger partial charge on any atom is 0.406 e. The van der Waals surface area contributed by atoms with Crippen LogP contribution in [0.3, 0.4) is 0 Å². The number of halogens is 3. The van der Waals surface area contributed by atoms with Crippen molar-refractivity contribution in [3.05, 3.63) is 33.1 Å². The Bertz CT molecular complexity index is 578. The first-order chi connectivity index (χ1) is 9.23. The van der Waals surface area contributed by atoms with E-state index in [1.165, 1.54) is 0 Å². The van der Waals surface area contributed by atoms with Gasteiger partial charge < -0.3 is 10.0 Å². The van der Waals surface area contributed by atoms with Crippen molar-refractivity contribution in [3.8, 4) is 0 Å². The standard InChI is InChI=1S/C10H12F3N3O4/c11-10(12,13)6-16(3-4-17)8(19)5-15-2-1-7(18)14-9(15)20/h1-2,17H,3-6H2,(H,14,18,20). The van der Waals surface area contributed by atoms with E-state index in [2.05, 4.69) is 0 Å². The Kier molecular flexibility index (Phi) is 5.08. The van der Waals surface area contributed by atoms with Gasteiger partial charge in [-0.2, -0.15) is 13.2 Å². The molecule has 0 bridgehead atoms. The second-order valence-corrected chi connectivity index (χ2v) is 3.89. The number of carbonyl (C=O) groups excluding carboxylic acids is 1. The molecule has 0 spiro atoms. The summed E-state index contributed by atoms with van der Waals surface area (Å²) >= 11 is 0. The average Bonchev–Trinajstić information content (AvgIpc) is 2.30. The van der Waals surface area contributed by atoms with Gasteiger partial charge in [-0.15, -0.1) is 0 Å². The van der Waals surface area contributed by atoms with E-state index in [1.54, 1.807) is 0 Å². The Balaban J connectivity index is 2.85. The molecule has 1 heterocycles. The number of amides is 1. The van der Waals surface area contributed by atoms with E-state index in [9.17, 15) is 27.6 Å². The van der Waals surface area contributed by atoms with E-state index in [0.717, 1.165) is 16.8 Å². The molecule has 0 fully saturated rings. The van der Waals surface area contributed by atoms with Crippen LogP contribution in [0.2, 0.25) is 0 Å². The molecule has 20 heavy (non-hydrogen) atoms. The number of aromatic nitrogens is 2. The van der Waals surface area contributed by atoms with Gasteiger partial charge in [0.15, 0.2) is 0 Å². The molecule has 10 heteroatoms. The first-order valence-corrected chi connectivity index (χ1v) is 5.48. The molecular formula is C10H12F3N3O4. The molecule has 0 aliphatic carbocycles. The van der Waals surface area contributed by atoms with Crippen LogP contribution >= 0.6 is 0 Å². The maximum atomic E-state index is 12.3. The van der Waals surface area contributed by atoms with Gasteiger partial charge in [0.25, 0.3) is 5.56 Å². The zero-order valence-electron chi connectivity index (χ0n) is 10.2. The van der Waals surface area contributed by atoms with Crippen molar-refractivity contribution in [3.63, 3.8) is 0 Å². The topological polar surface area (TPSA) is 95.4 Å². The van der Waals surface area contributed by atoms with Crippen LogP contribution in [0.1, 0.15) is 0 Å². The van der Waals surface area contributed by atoms with Gasteiger partial charge >= 0.3 is 11.9 Å². The fourth-order valence-corrected chi connectivity index (χ4v) is 1.44. The summed E-state index contributed by atoms with van der Waals surface area (Å²) in [6.07, 6.45) is -3.61. The first kappa shape index (κ1) is 16.0. The Morgan fingerprint density at radius 1 is 1.40 bits per heavy atom. The van der Waals surface area contributed by atoms with E-state index in [-0.39, 0.29) is 0 Å². The molecular weight excluding hydrogens is 283 g/mol. The first-order valence-electron chi connectivity index (χ1n) is 5.48. The highest BCUT2D eigenvalue weighted by Crippen LogP contribution is 2.16. The van der Waals surface area contributed by atoms with Crippen molar-refractivity contribution in [2.24, 2.45) is 0 Å². The number of H-pyrrole nitrogens is 1. The number of nitrogens with one attached hydrogen (secondary N) is 1. The summed E-state index contributed by atoms with van der Waals surface area (Å²) in [5.74, 6) is -0.995. The number of alkyl halides is 3. The second kappa shape index (κ2) is 6.37. The SMILES string of the molecule is O=C(Cn1ccc(=O)[nH]c1=O)N(CCO)CC(F)(F)F. The molecule has 2 N–H and O–H groups in total. The van der Waals surface area contributed by atoms with Crippen LogP contribution < -0.4 is 11.2 Å². The zero-order valence-corrected chi connectivity index (χ0v) is 10.2. The Hall–Kier alpha value is -2.10. The van der Waals surface area contributed by atoms with Crippen molar-refractivity contribution in [2.75, 3.05) is 19.7 Å². The van der Waals surface area contributed by atoms with Crippen molar-refractivity contribution in [1.29, 1.82) is 0 Å². The maximum absolute atomic E-state index is 12.3. The van der Waals surface area contributed by atoms with Crippen LogP contribution in [0.4, 0.5) is 13.2 Å². The molecule has 112 valence electrons. The minimum Gasteiger partial charge on any atom is -0.395 e. The number of aliphatic hydroxyl groups excluding tert-OH is 1. The molecule has 0 aliphatic heterocycles. The third-order valence-corrected chi connectivity index (χ3v) is 2.30. The number of hydrogen-bond donors (Lipinski definition) is 2. The average molecular weight is 295 g/mol. The lowest BCUT2D eigenvalue weighted by Crippen LogP contribution is -2.43. The summed E-state index contributed by atoms with van der Waals surface area (Å²) in [7, 11) is 0. The lowest BCUT2D eigenvalue weighted by atomic mass is 10.4. The largest absolute Gasteiger partial charge is 0.406 e. The lowest BCUT2D eigenvalue weighted by Gasteiger charge is -2.23. The van der Waals surface area contributed by atoms with Gasteiger partial charge in [0.1, 0.15) is 13.1 Å². The smallest absolute Gasteiger partial charge is 0.395 e.